The third kappa shape index (κ3) is 6.91. The molecule has 2 rings (SSSR count). The smallest absolute Gasteiger partial charge is 0.545 e. The Labute approximate surface area is 183 Å². The molecule has 0 atom stereocenters. The zero-order valence-corrected chi connectivity index (χ0v) is 17.9. The predicted octanol–water partition coefficient (Wildman–Crippen LogP) is -5.05. The molecule has 24 heavy (non-hydrogen) atoms. The molecule has 0 heterocycles. The van der Waals surface area contributed by atoms with Crippen LogP contribution in [0.25, 0.3) is 0 Å². The van der Waals surface area contributed by atoms with E-state index in [-0.39, 0.29) is 81.7 Å². The van der Waals surface area contributed by atoms with Crippen LogP contribution < -0.4 is 78.4 Å². The van der Waals surface area contributed by atoms with Gasteiger partial charge in [0.05, 0.1) is 11.9 Å². The maximum atomic E-state index is 10.6. The van der Waals surface area contributed by atoms with E-state index in [1.807, 2.05) is 0 Å². The van der Waals surface area contributed by atoms with Gasteiger partial charge in [-0.15, -0.1) is 0 Å². The summed E-state index contributed by atoms with van der Waals surface area (Å²) in [5.74, 6) is -2.05. The SMILES string of the molecule is N=[P+](Oc1ccc(C(=O)[O-])cc1)Oc1ccc(C(=O)[O-])cc1.[Na+].[Na+]. The number of carbonyl (C=O) groups is 2. The van der Waals surface area contributed by atoms with Gasteiger partial charge in [0, 0.05) is 0 Å². The van der Waals surface area contributed by atoms with Gasteiger partial charge < -0.3 is 19.8 Å². The predicted molar refractivity (Wildman–Crippen MR) is 72.4 cm³/mol. The van der Waals surface area contributed by atoms with Crippen LogP contribution in [0, 0.1) is 5.16 Å². The van der Waals surface area contributed by atoms with Crippen LogP contribution in [0.1, 0.15) is 20.7 Å². The fourth-order valence-electron chi connectivity index (χ4n) is 1.51. The summed E-state index contributed by atoms with van der Waals surface area (Å²) in [6.45, 7) is 0. The zero-order valence-electron chi connectivity index (χ0n) is 13.0. The molecule has 0 bridgehead atoms. The monoisotopic (exact) mass is 364 g/mol. The number of carboxylic acid groups (broad SMARTS) is 2. The Morgan fingerprint density at radius 1 is 0.750 bits per heavy atom. The standard InChI is InChI=1S/C14H10NO6P.2Na/c15-22(20-11-5-1-9(2-6-11)13(16)17)21-12-7-3-10(4-8-12)14(18)19;;/h1-8,15H,(H-,16,17,18,19);;/q;2*+1/p-1. The second-order valence-corrected chi connectivity index (χ2v) is 4.94. The Bertz CT molecular complexity index is 660. The molecule has 10 heteroatoms. The molecule has 0 unspecified atom stereocenters. The van der Waals surface area contributed by atoms with Gasteiger partial charge in [-0.3, -0.25) is 0 Å². The van der Waals surface area contributed by atoms with Crippen LogP contribution in [0.2, 0.25) is 0 Å². The maximum Gasteiger partial charge on any atom is 1.00 e. The van der Waals surface area contributed by atoms with Gasteiger partial charge in [0.2, 0.25) is 0 Å². The Morgan fingerprint density at radius 2 is 1.04 bits per heavy atom. The van der Waals surface area contributed by atoms with Gasteiger partial charge in [-0.05, 0) is 64.8 Å². The van der Waals surface area contributed by atoms with Gasteiger partial charge in [-0.25, -0.2) is 9.05 Å². The number of rotatable bonds is 6. The summed E-state index contributed by atoms with van der Waals surface area (Å²) in [5.41, 5.74) is 0.000825. The van der Waals surface area contributed by atoms with Gasteiger partial charge >= 0.3 is 67.3 Å². The van der Waals surface area contributed by atoms with Crippen LogP contribution in [-0.2, 0) is 0 Å². The van der Waals surface area contributed by atoms with E-state index in [4.69, 9.17) is 14.2 Å². The molecule has 2 aromatic carbocycles. The molecule has 0 saturated carbocycles. The third-order valence-electron chi connectivity index (χ3n) is 2.56. The number of aromatic carboxylic acids is 2. The second-order valence-electron chi connectivity index (χ2n) is 4.06. The van der Waals surface area contributed by atoms with E-state index in [0.29, 0.717) is 0 Å². The van der Waals surface area contributed by atoms with Crippen molar-refractivity contribution in [1.29, 1.82) is 5.16 Å². The van der Waals surface area contributed by atoms with Crippen molar-refractivity contribution in [2.24, 2.45) is 0 Å². The zero-order chi connectivity index (χ0) is 16.1. The van der Waals surface area contributed by atoms with E-state index >= 15 is 0 Å². The summed E-state index contributed by atoms with van der Waals surface area (Å²) in [6, 6.07) is 10.7. The summed E-state index contributed by atoms with van der Waals surface area (Å²) in [7, 11) is -2.06. The molecule has 0 saturated heterocycles. The van der Waals surface area contributed by atoms with Gasteiger partial charge in [-0.2, -0.15) is 0 Å². The fourth-order valence-corrected chi connectivity index (χ4v) is 2.18. The van der Waals surface area contributed by atoms with E-state index in [1.54, 1.807) is 0 Å². The second kappa shape index (κ2) is 10.8. The number of benzene rings is 2. The molecule has 1 N–H and O–H groups in total. The summed E-state index contributed by atoms with van der Waals surface area (Å²) in [5, 5.41) is 28.9. The van der Waals surface area contributed by atoms with Crippen LogP contribution in [0.5, 0.6) is 11.5 Å². The van der Waals surface area contributed by atoms with E-state index in [9.17, 15) is 19.8 Å². The van der Waals surface area contributed by atoms with Crippen LogP contribution in [-0.4, -0.2) is 11.9 Å². The largest absolute Gasteiger partial charge is 1.00 e. The van der Waals surface area contributed by atoms with Gasteiger partial charge in [0.1, 0.15) is 0 Å². The first-order chi connectivity index (χ1) is 10.5. The number of nitrogens with one attached hydrogen (secondary N) is 1. The molecule has 7 nitrogen and oxygen atoms in total. The van der Waals surface area contributed by atoms with Gasteiger partial charge in [-0.1, -0.05) is 0 Å². The van der Waals surface area contributed by atoms with Crippen LogP contribution in [0.4, 0.5) is 0 Å². The van der Waals surface area contributed by atoms with Crippen molar-refractivity contribution in [3.05, 3.63) is 59.7 Å². The first-order valence-electron chi connectivity index (χ1n) is 5.96. The average Bonchev–Trinajstić information content (AvgIpc) is 2.48. The van der Waals surface area contributed by atoms with E-state index < -0.39 is 20.1 Å². The van der Waals surface area contributed by atoms with Crippen molar-refractivity contribution in [1.82, 2.24) is 0 Å². The van der Waals surface area contributed by atoms with E-state index in [0.717, 1.165) is 0 Å². The van der Waals surface area contributed by atoms with Crippen LogP contribution >= 0.6 is 8.17 Å². The molecule has 0 spiro atoms. The first-order valence-corrected chi connectivity index (χ1v) is 7.13. The van der Waals surface area contributed by atoms with Crippen molar-refractivity contribution in [2.45, 2.75) is 0 Å². The van der Waals surface area contributed by atoms with Crippen molar-refractivity contribution >= 4 is 20.1 Å². The third-order valence-corrected chi connectivity index (χ3v) is 3.31. The summed E-state index contributed by atoms with van der Waals surface area (Å²) in [6.07, 6.45) is 0. The number of hydrogen-bond acceptors (Lipinski definition) is 7. The van der Waals surface area contributed by atoms with Crippen LogP contribution in [0.3, 0.4) is 0 Å². The quantitative estimate of drug-likeness (QED) is 0.404. The molecule has 112 valence electrons. The fraction of sp³-hybridized carbons (Fsp3) is 0. The molecular weight excluding hydrogens is 355 g/mol. The molecule has 0 aliphatic rings. The van der Waals surface area contributed by atoms with Crippen molar-refractivity contribution in [3.8, 4) is 11.5 Å². The summed E-state index contributed by atoms with van der Waals surface area (Å²) < 4.78 is 10.4. The number of carboxylic acids is 2. The molecule has 0 aromatic heterocycles. The molecule has 0 fully saturated rings. The number of carbonyl (C=O) groups excluding carboxylic acids is 2. The number of hydrogen-bond donors (Lipinski definition) is 1. The molecule has 0 aliphatic heterocycles. The topological polar surface area (TPSA) is 123 Å². The normalized spacial score (nSPS) is 9.00. The summed E-state index contributed by atoms with van der Waals surface area (Å²) >= 11 is 0. The Kier molecular flexibility index (Phi) is 10.4. The van der Waals surface area contributed by atoms with Crippen molar-refractivity contribution in [3.63, 3.8) is 0 Å². The van der Waals surface area contributed by atoms with Gasteiger partial charge in [0.25, 0.3) is 0 Å². The molecule has 0 radical (unpaired) electrons. The Morgan fingerprint density at radius 3 is 1.29 bits per heavy atom. The maximum absolute atomic E-state index is 10.6. The summed E-state index contributed by atoms with van der Waals surface area (Å²) in [4.78, 5) is 21.2. The minimum atomic E-state index is -2.06. The van der Waals surface area contributed by atoms with Crippen molar-refractivity contribution in [2.75, 3.05) is 0 Å². The average molecular weight is 364 g/mol. The van der Waals surface area contributed by atoms with Crippen LogP contribution in [0.15, 0.2) is 48.5 Å². The Hall–Kier alpha value is -0.920. The first kappa shape index (κ1) is 23.1. The minimum Gasteiger partial charge on any atom is -0.545 e. The molecule has 2 aromatic rings. The van der Waals surface area contributed by atoms with Gasteiger partial charge in [0.15, 0.2) is 11.5 Å². The molecular formula is C14H9NNa2O6P+. The van der Waals surface area contributed by atoms with E-state index in [2.05, 4.69) is 0 Å². The Balaban J connectivity index is 0.00000264. The molecule has 0 aliphatic carbocycles. The minimum absolute atomic E-state index is 0. The molecule has 0 amide bonds. The van der Waals surface area contributed by atoms with Crippen molar-refractivity contribution < 1.29 is 88.0 Å². The van der Waals surface area contributed by atoms with E-state index in [1.165, 1.54) is 48.5 Å².